The summed E-state index contributed by atoms with van der Waals surface area (Å²) in [6.45, 7) is 0. The van der Waals surface area contributed by atoms with E-state index in [2.05, 4.69) is 9.71 Å². The van der Waals surface area contributed by atoms with Gasteiger partial charge in [0.2, 0.25) is 0 Å². The van der Waals surface area contributed by atoms with Crippen molar-refractivity contribution >= 4 is 37.9 Å². The topological polar surface area (TPSA) is 105 Å². The first-order valence-corrected chi connectivity index (χ1v) is 8.00. The lowest BCUT2D eigenvalue weighted by atomic mass is 10.4. The Hall–Kier alpha value is -2.20. The molecule has 2 aromatic rings. The Morgan fingerprint density at radius 3 is 2.48 bits per heavy atom. The van der Waals surface area contributed by atoms with Gasteiger partial charge in [0.15, 0.2) is 0 Å². The second-order valence-electron chi connectivity index (χ2n) is 4.25. The Labute approximate surface area is 125 Å². The number of nitrogens with zero attached hydrogens (tertiary/aromatic N) is 3. The summed E-state index contributed by atoms with van der Waals surface area (Å²) in [5.41, 5.74) is 0.289. The summed E-state index contributed by atoms with van der Waals surface area (Å²) in [6.07, 6.45) is 1.38. The van der Waals surface area contributed by atoms with Crippen LogP contribution in [0.25, 0.3) is 0 Å². The van der Waals surface area contributed by atoms with Gasteiger partial charge < -0.3 is 4.90 Å². The number of anilines is 2. The molecule has 0 aliphatic rings. The second kappa shape index (κ2) is 5.66. The van der Waals surface area contributed by atoms with Crippen LogP contribution in [0.5, 0.6) is 0 Å². The van der Waals surface area contributed by atoms with Crippen molar-refractivity contribution in [2.45, 2.75) is 4.21 Å². The maximum Gasteiger partial charge on any atom is 0.325 e. The maximum atomic E-state index is 12.1. The van der Waals surface area contributed by atoms with Crippen LogP contribution in [0.15, 0.2) is 34.7 Å². The van der Waals surface area contributed by atoms with Gasteiger partial charge in [-0.1, -0.05) is 0 Å². The van der Waals surface area contributed by atoms with Gasteiger partial charge in [0.05, 0.1) is 16.8 Å². The van der Waals surface area contributed by atoms with E-state index in [1.807, 2.05) is 14.1 Å². The molecule has 0 aliphatic carbocycles. The summed E-state index contributed by atoms with van der Waals surface area (Å²) in [4.78, 5) is 15.8. The molecule has 1 N–H and O–H groups in total. The van der Waals surface area contributed by atoms with Gasteiger partial charge in [0.1, 0.15) is 10.0 Å². The highest BCUT2D eigenvalue weighted by Crippen LogP contribution is 2.29. The van der Waals surface area contributed by atoms with E-state index in [-0.39, 0.29) is 14.9 Å². The van der Waals surface area contributed by atoms with Crippen LogP contribution in [-0.2, 0) is 10.0 Å². The van der Waals surface area contributed by atoms with Gasteiger partial charge in [0, 0.05) is 20.2 Å². The number of rotatable bonds is 5. The van der Waals surface area contributed by atoms with Crippen molar-refractivity contribution in [1.82, 2.24) is 4.98 Å². The minimum Gasteiger partial charge on any atom is -0.363 e. The van der Waals surface area contributed by atoms with E-state index in [0.29, 0.717) is 17.2 Å². The number of hydrogen-bond donors (Lipinski definition) is 1. The number of pyridine rings is 1. The third-order valence-electron chi connectivity index (χ3n) is 2.47. The van der Waals surface area contributed by atoms with Crippen LogP contribution < -0.4 is 9.62 Å². The molecule has 0 saturated heterocycles. The number of hydrogen-bond acceptors (Lipinski definition) is 7. The SMILES string of the molecule is CN(C)c1ccc(NS(=O)(=O)c2ccc([N+](=O)[O-])s2)cn1. The largest absolute Gasteiger partial charge is 0.363 e. The van der Waals surface area contributed by atoms with Crippen LogP contribution in [0.3, 0.4) is 0 Å². The zero-order valence-electron chi connectivity index (χ0n) is 11.2. The van der Waals surface area contributed by atoms with Crippen molar-refractivity contribution in [1.29, 1.82) is 0 Å². The Balaban J connectivity index is 2.22. The molecule has 21 heavy (non-hydrogen) atoms. The monoisotopic (exact) mass is 328 g/mol. The lowest BCUT2D eigenvalue weighted by Gasteiger charge is -2.11. The molecule has 0 atom stereocenters. The normalized spacial score (nSPS) is 11.1. The number of sulfonamides is 1. The van der Waals surface area contributed by atoms with Gasteiger partial charge >= 0.3 is 5.00 Å². The van der Waals surface area contributed by atoms with Gasteiger partial charge in [-0.15, -0.1) is 0 Å². The fourth-order valence-electron chi connectivity index (χ4n) is 1.47. The Morgan fingerprint density at radius 2 is 2.00 bits per heavy atom. The van der Waals surface area contributed by atoms with Gasteiger partial charge in [-0.05, 0) is 29.5 Å². The fourth-order valence-corrected chi connectivity index (χ4v) is 3.62. The number of nitro groups is 1. The molecular weight excluding hydrogens is 316 g/mol. The van der Waals surface area contributed by atoms with E-state index in [0.717, 1.165) is 6.07 Å². The van der Waals surface area contributed by atoms with Gasteiger partial charge in [-0.2, -0.15) is 0 Å². The van der Waals surface area contributed by atoms with Crippen molar-refractivity contribution in [3.8, 4) is 0 Å². The molecule has 0 amide bonds. The third-order valence-corrected chi connectivity index (χ3v) is 5.38. The van der Waals surface area contributed by atoms with Crippen LogP contribution in [0.1, 0.15) is 0 Å². The molecule has 0 saturated carbocycles. The molecule has 0 aliphatic heterocycles. The minimum atomic E-state index is -3.85. The molecule has 10 heteroatoms. The number of thiophene rings is 1. The summed E-state index contributed by atoms with van der Waals surface area (Å²) >= 11 is 0.597. The van der Waals surface area contributed by atoms with Gasteiger partial charge in [-0.3, -0.25) is 14.8 Å². The molecule has 8 nitrogen and oxygen atoms in total. The minimum absolute atomic E-state index is 0.120. The lowest BCUT2D eigenvalue weighted by Crippen LogP contribution is -2.13. The predicted molar refractivity (Wildman–Crippen MR) is 80.3 cm³/mol. The quantitative estimate of drug-likeness (QED) is 0.664. The average molecular weight is 328 g/mol. The summed E-state index contributed by atoms with van der Waals surface area (Å²) < 4.78 is 26.4. The Morgan fingerprint density at radius 1 is 1.29 bits per heavy atom. The van der Waals surface area contributed by atoms with Gasteiger partial charge in [-0.25, -0.2) is 13.4 Å². The van der Waals surface area contributed by atoms with E-state index in [1.165, 1.54) is 12.3 Å². The highest BCUT2D eigenvalue weighted by molar-refractivity contribution is 7.94. The van der Waals surface area contributed by atoms with E-state index < -0.39 is 14.9 Å². The maximum absolute atomic E-state index is 12.1. The zero-order valence-corrected chi connectivity index (χ0v) is 12.8. The second-order valence-corrected chi connectivity index (χ2v) is 7.23. The van der Waals surface area contributed by atoms with E-state index in [9.17, 15) is 18.5 Å². The Kier molecular flexibility index (Phi) is 4.09. The van der Waals surface area contributed by atoms with Crippen LogP contribution in [-0.4, -0.2) is 32.4 Å². The molecule has 0 fully saturated rings. The van der Waals surface area contributed by atoms with Crippen LogP contribution in [0, 0.1) is 10.1 Å². The molecule has 112 valence electrons. The summed E-state index contributed by atoms with van der Waals surface area (Å²) in [7, 11) is -0.216. The molecule has 0 unspecified atom stereocenters. The summed E-state index contributed by atoms with van der Waals surface area (Å²) in [5, 5.41) is 10.4. The molecule has 2 heterocycles. The average Bonchev–Trinajstić information content (AvgIpc) is 2.89. The van der Waals surface area contributed by atoms with Crippen molar-refractivity contribution in [3.63, 3.8) is 0 Å². The van der Waals surface area contributed by atoms with Crippen LogP contribution in [0.2, 0.25) is 0 Å². The highest BCUT2D eigenvalue weighted by atomic mass is 32.2. The van der Waals surface area contributed by atoms with Crippen LogP contribution >= 0.6 is 11.3 Å². The molecule has 2 rings (SSSR count). The Bertz CT molecular complexity index is 753. The standard InChI is InChI=1S/C11H12N4O4S2/c1-14(2)9-4-3-8(7-12-9)13-21(18,19)11-6-5-10(20-11)15(16)17/h3-7,13H,1-2H3. The van der Waals surface area contributed by atoms with Crippen LogP contribution in [0.4, 0.5) is 16.5 Å². The van der Waals surface area contributed by atoms with Crippen molar-refractivity contribution in [3.05, 3.63) is 40.6 Å². The van der Waals surface area contributed by atoms with E-state index in [1.54, 1.807) is 17.0 Å². The molecule has 2 aromatic heterocycles. The summed E-state index contributed by atoms with van der Waals surface area (Å²) in [6, 6.07) is 5.59. The number of nitrogens with one attached hydrogen (secondary N) is 1. The first kappa shape index (κ1) is 15.2. The third kappa shape index (κ3) is 3.47. The fraction of sp³-hybridized carbons (Fsp3) is 0.182. The predicted octanol–water partition coefficient (Wildman–Crippen LogP) is 1.92. The lowest BCUT2D eigenvalue weighted by molar-refractivity contribution is -0.380. The molecule has 0 aromatic carbocycles. The highest BCUT2D eigenvalue weighted by Gasteiger charge is 2.21. The zero-order chi connectivity index (χ0) is 15.6. The molecule has 0 spiro atoms. The smallest absolute Gasteiger partial charge is 0.325 e. The van der Waals surface area contributed by atoms with Gasteiger partial charge in [0.25, 0.3) is 10.0 Å². The molecule has 0 radical (unpaired) electrons. The van der Waals surface area contributed by atoms with E-state index in [4.69, 9.17) is 0 Å². The first-order valence-electron chi connectivity index (χ1n) is 5.70. The molecule has 0 bridgehead atoms. The van der Waals surface area contributed by atoms with Crippen molar-refractivity contribution in [2.24, 2.45) is 0 Å². The molecular formula is C11H12N4O4S2. The first-order chi connectivity index (χ1) is 9.79. The van der Waals surface area contributed by atoms with Crippen molar-refractivity contribution in [2.75, 3.05) is 23.7 Å². The summed E-state index contributed by atoms with van der Waals surface area (Å²) in [5.74, 6) is 0.685. The number of aromatic nitrogens is 1. The van der Waals surface area contributed by atoms with Crippen molar-refractivity contribution < 1.29 is 13.3 Å². The van der Waals surface area contributed by atoms with E-state index >= 15 is 0 Å².